The molecule has 0 spiro atoms. The highest BCUT2D eigenvalue weighted by atomic mass is 32.2. The number of hydrogen-bond acceptors (Lipinski definition) is 9. The Morgan fingerprint density at radius 3 is 2.33 bits per heavy atom. The molecule has 0 radical (unpaired) electrons. The quantitative estimate of drug-likeness (QED) is 0.164. The Kier molecular flexibility index (Phi) is 10.4. The molecule has 13 heteroatoms. The molecule has 0 bridgehead atoms. The lowest BCUT2D eigenvalue weighted by Crippen LogP contribution is -2.39. The van der Waals surface area contributed by atoms with Crippen LogP contribution in [0.5, 0.6) is 17.2 Å². The molecule has 0 unspecified atom stereocenters. The van der Waals surface area contributed by atoms with Crippen LogP contribution >= 0.6 is 0 Å². The van der Waals surface area contributed by atoms with Crippen molar-refractivity contribution in [2.24, 2.45) is 5.10 Å². The number of furan rings is 1. The largest absolute Gasteiger partial charge is 0.497 e. The van der Waals surface area contributed by atoms with Gasteiger partial charge in [-0.1, -0.05) is 18.2 Å². The van der Waals surface area contributed by atoms with Crippen LogP contribution in [-0.2, 0) is 26.2 Å². The number of carbonyl (C=O) groups is 2. The van der Waals surface area contributed by atoms with Crippen molar-refractivity contribution in [3.05, 3.63) is 103 Å². The minimum atomic E-state index is -4.16. The van der Waals surface area contributed by atoms with E-state index >= 15 is 0 Å². The molecule has 0 aliphatic heterocycles. The Bertz CT molecular complexity index is 1640. The Balaban J connectivity index is 1.38. The Morgan fingerprint density at radius 2 is 1.65 bits per heavy atom. The molecule has 12 nitrogen and oxygen atoms in total. The Morgan fingerprint density at radius 1 is 0.907 bits per heavy atom. The molecule has 1 aromatic heterocycles. The van der Waals surface area contributed by atoms with Crippen LogP contribution in [0.4, 0.5) is 5.69 Å². The third-order valence-corrected chi connectivity index (χ3v) is 7.74. The van der Waals surface area contributed by atoms with E-state index in [-0.39, 0.29) is 35.4 Å². The molecule has 0 atom stereocenters. The second kappa shape index (κ2) is 14.5. The fourth-order valence-corrected chi connectivity index (χ4v) is 5.26. The van der Waals surface area contributed by atoms with Gasteiger partial charge < -0.3 is 23.9 Å². The van der Waals surface area contributed by atoms with E-state index in [2.05, 4.69) is 15.8 Å². The van der Waals surface area contributed by atoms with E-state index in [0.717, 1.165) is 4.31 Å². The normalized spacial score (nSPS) is 11.1. The van der Waals surface area contributed by atoms with Crippen LogP contribution in [0, 0.1) is 0 Å². The molecule has 43 heavy (non-hydrogen) atoms. The summed E-state index contributed by atoms with van der Waals surface area (Å²) in [6, 6.07) is 22.5. The molecule has 0 aliphatic rings. The van der Waals surface area contributed by atoms with E-state index in [4.69, 9.17) is 18.6 Å². The van der Waals surface area contributed by atoms with Gasteiger partial charge >= 0.3 is 0 Å². The zero-order valence-electron chi connectivity index (χ0n) is 23.4. The number of carbonyl (C=O) groups excluding carboxylic acids is 2. The molecule has 3 aromatic carbocycles. The molecule has 4 aromatic rings. The first-order chi connectivity index (χ1) is 20.8. The van der Waals surface area contributed by atoms with Crippen molar-refractivity contribution >= 4 is 33.7 Å². The highest BCUT2D eigenvalue weighted by Crippen LogP contribution is 2.35. The predicted octanol–water partition coefficient (Wildman–Crippen LogP) is 3.34. The van der Waals surface area contributed by atoms with E-state index in [1.54, 1.807) is 60.7 Å². The average molecular weight is 607 g/mol. The lowest BCUT2D eigenvalue weighted by atomic mass is 10.2. The number of methoxy groups -OCH3 is 2. The number of amides is 2. The standard InChI is InChI=1S/C30H30N4O8S/c1-39-24-14-15-27(28(17-24)40-2)34(43(37,38)26-8-4-3-5-9-26)20-29(35)33-32-18-22-10-12-23(13-11-22)42-21-30(36)31-19-25-7-6-16-41-25/h3-18H,19-21H2,1-2H3,(H,31,36)(H,33,35)/b32-18-. The Hall–Kier alpha value is -5.30. The molecular formula is C30H30N4O8S. The third-order valence-electron chi connectivity index (χ3n) is 5.97. The first kappa shape index (κ1) is 30.7. The van der Waals surface area contributed by atoms with Gasteiger partial charge in [0.05, 0.1) is 43.8 Å². The summed E-state index contributed by atoms with van der Waals surface area (Å²) in [5, 5.41) is 6.64. The number of benzene rings is 3. The van der Waals surface area contributed by atoms with Crippen LogP contribution < -0.4 is 29.3 Å². The number of hydrazone groups is 1. The molecule has 2 amide bonds. The van der Waals surface area contributed by atoms with Gasteiger partial charge in [-0.2, -0.15) is 5.10 Å². The van der Waals surface area contributed by atoms with E-state index in [1.807, 2.05) is 0 Å². The number of nitrogens with one attached hydrogen (secondary N) is 2. The molecule has 0 saturated heterocycles. The highest BCUT2D eigenvalue weighted by Gasteiger charge is 2.29. The zero-order valence-corrected chi connectivity index (χ0v) is 24.2. The zero-order chi connectivity index (χ0) is 30.7. The molecule has 224 valence electrons. The molecule has 4 rings (SSSR count). The van der Waals surface area contributed by atoms with Gasteiger partial charge in [0.25, 0.3) is 21.8 Å². The fourth-order valence-electron chi connectivity index (χ4n) is 3.80. The first-order valence-corrected chi connectivity index (χ1v) is 14.4. The number of rotatable bonds is 14. The van der Waals surface area contributed by atoms with Gasteiger partial charge in [-0.3, -0.25) is 13.9 Å². The van der Waals surface area contributed by atoms with Crippen molar-refractivity contribution in [3.8, 4) is 17.2 Å². The maximum Gasteiger partial charge on any atom is 0.264 e. The van der Waals surface area contributed by atoms with Gasteiger partial charge in [0.15, 0.2) is 6.61 Å². The summed E-state index contributed by atoms with van der Waals surface area (Å²) in [7, 11) is -1.29. The molecule has 0 aliphatic carbocycles. The number of hydrogen-bond donors (Lipinski definition) is 2. The number of anilines is 1. The van der Waals surface area contributed by atoms with E-state index in [0.29, 0.717) is 22.8 Å². The number of ether oxygens (including phenoxy) is 3. The lowest BCUT2D eigenvalue weighted by molar-refractivity contribution is -0.123. The minimum absolute atomic E-state index is 0.00138. The molecule has 0 saturated carbocycles. The average Bonchev–Trinajstić information content (AvgIpc) is 3.56. The summed E-state index contributed by atoms with van der Waals surface area (Å²) in [5.41, 5.74) is 3.14. The summed E-state index contributed by atoms with van der Waals surface area (Å²) in [6.45, 7) is -0.489. The third kappa shape index (κ3) is 8.36. The summed E-state index contributed by atoms with van der Waals surface area (Å²) in [4.78, 5) is 24.9. The smallest absolute Gasteiger partial charge is 0.264 e. The molecular weight excluding hydrogens is 576 g/mol. The van der Waals surface area contributed by atoms with Gasteiger partial charge in [0, 0.05) is 6.07 Å². The topological polar surface area (TPSA) is 149 Å². The number of nitrogens with zero attached hydrogens (tertiary/aromatic N) is 2. The van der Waals surface area contributed by atoms with E-state index in [9.17, 15) is 18.0 Å². The van der Waals surface area contributed by atoms with Gasteiger partial charge in [-0.25, -0.2) is 13.8 Å². The summed E-state index contributed by atoms with van der Waals surface area (Å²) in [6.07, 6.45) is 2.92. The van der Waals surface area contributed by atoms with Crippen LogP contribution in [-0.4, -0.2) is 53.8 Å². The second-order valence-corrected chi connectivity index (χ2v) is 10.7. The first-order valence-electron chi connectivity index (χ1n) is 12.9. The predicted molar refractivity (Wildman–Crippen MR) is 159 cm³/mol. The second-order valence-electron chi connectivity index (χ2n) is 8.87. The summed E-state index contributed by atoms with van der Waals surface area (Å²) in [5.74, 6) is 0.762. The van der Waals surface area contributed by atoms with Crippen LogP contribution in [0.2, 0.25) is 0 Å². The number of sulfonamides is 1. The molecule has 2 N–H and O–H groups in total. The summed E-state index contributed by atoms with van der Waals surface area (Å²) >= 11 is 0. The van der Waals surface area contributed by atoms with Gasteiger partial charge in [0.2, 0.25) is 0 Å². The monoisotopic (exact) mass is 606 g/mol. The maximum absolute atomic E-state index is 13.6. The van der Waals surface area contributed by atoms with Crippen LogP contribution in [0.1, 0.15) is 11.3 Å². The van der Waals surface area contributed by atoms with Crippen molar-refractivity contribution < 1.29 is 36.6 Å². The van der Waals surface area contributed by atoms with Crippen molar-refractivity contribution in [3.63, 3.8) is 0 Å². The fraction of sp³-hybridized carbons (Fsp3) is 0.167. The SMILES string of the molecule is COc1ccc(N(CC(=O)N/N=C\c2ccc(OCC(=O)NCc3ccco3)cc2)S(=O)(=O)c2ccccc2)c(OC)c1. The van der Waals surface area contributed by atoms with Crippen LogP contribution in [0.15, 0.2) is 106 Å². The van der Waals surface area contributed by atoms with Crippen LogP contribution in [0.25, 0.3) is 0 Å². The van der Waals surface area contributed by atoms with E-state index in [1.165, 1.54) is 51.0 Å². The van der Waals surface area contributed by atoms with Crippen LogP contribution in [0.3, 0.4) is 0 Å². The van der Waals surface area contributed by atoms with Gasteiger partial charge in [-0.05, 0) is 66.2 Å². The van der Waals surface area contributed by atoms with Crippen molar-refractivity contribution in [1.29, 1.82) is 0 Å². The van der Waals surface area contributed by atoms with Crippen molar-refractivity contribution in [2.75, 3.05) is 31.7 Å². The van der Waals surface area contributed by atoms with Crippen molar-refractivity contribution in [2.45, 2.75) is 11.4 Å². The maximum atomic E-state index is 13.6. The molecule has 0 fully saturated rings. The van der Waals surface area contributed by atoms with E-state index < -0.39 is 22.5 Å². The highest BCUT2D eigenvalue weighted by molar-refractivity contribution is 7.92. The lowest BCUT2D eigenvalue weighted by Gasteiger charge is -2.25. The minimum Gasteiger partial charge on any atom is -0.497 e. The van der Waals surface area contributed by atoms with Gasteiger partial charge in [-0.15, -0.1) is 0 Å². The Labute approximate surface area is 248 Å². The van der Waals surface area contributed by atoms with Crippen molar-refractivity contribution in [1.82, 2.24) is 10.7 Å². The summed E-state index contributed by atoms with van der Waals surface area (Å²) < 4.78 is 49.4. The molecule has 1 heterocycles. The van der Waals surface area contributed by atoms with Gasteiger partial charge in [0.1, 0.15) is 29.6 Å².